The van der Waals surface area contributed by atoms with Gasteiger partial charge in [0.05, 0.1) is 7.11 Å². The van der Waals surface area contributed by atoms with E-state index in [-0.39, 0.29) is 17.7 Å². The van der Waals surface area contributed by atoms with Crippen molar-refractivity contribution in [2.75, 3.05) is 30.4 Å². The summed E-state index contributed by atoms with van der Waals surface area (Å²) in [4.78, 5) is 29.2. The molecule has 2 atom stereocenters. The van der Waals surface area contributed by atoms with E-state index in [4.69, 9.17) is 4.74 Å². The highest BCUT2D eigenvalue weighted by Crippen LogP contribution is 2.53. The number of esters is 1. The van der Waals surface area contributed by atoms with Gasteiger partial charge in [-0.2, -0.15) is 0 Å². The molecule has 0 aromatic heterocycles. The third kappa shape index (κ3) is 3.78. The molecule has 1 aliphatic heterocycles. The van der Waals surface area contributed by atoms with Crippen LogP contribution < -0.4 is 10.2 Å². The third-order valence-corrected chi connectivity index (χ3v) is 7.89. The van der Waals surface area contributed by atoms with Crippen LogP contribution >= 0.6 is 0 Å². The van der Waals surface area contributed by atoms with E-state index in [1.54, 1.807) is 0 Å². The van der Waals surface area contributed by atoms with Crippen molar-refractivity contribution >= 4 is 33.9 Å². The Kier molecular flexibility index (Phi) is 6.11. The topological polar surface area (TPSA) is 58.6 Å². The number of fused-ring (bicyclic) bond motifs is 3. The number of Topliss-reactive ketones (excluding diaryl/α,β-unsaturated/α-hetero) is 1. The molecule has 0 unspecified atom stereocenters. The van der Waals surface area contributed by atoms with Crippen molar-refractivity contribution in [3.8, 4) is 0 Å². The third-order valence-electron chi connectivity index (χ3n) is 7.89. The van der Waals surface area contributed by atoms with E-state index in [2.05, 4.69) is 72.6 Å². The van der Waals surface area contributed by atoms with Crippen LogP contribution in [0.4, 0.5) is 11.4 Å². The highest BCUT2D eigenvalue weighted by molar-refractivity contribution is 6.06. The molecule has 0 saturated carbocycles. The smallest absolute Gasteiger partial charge is 0.315 e. The molecule has 5 heteroatoms. The first-order valence-corrected chi connectivity index (χ1v) is 12.8. The summed E-state index contributed by atoms with van der Waals surface area (Å²) >= 11 is 0. The standard InChI is InChI=1S/C31H34N2O3/c1-6-33(7-2)21-15-12-20(13-16-21)25-26-22-11-9-8-10-19(22)14-17-23(26)32-29-27(25)24(34)18-31(3,4)28(29)30(35)36-5/h8-17,25,28,32H,6-7,18H2,1-5H3/t25-,28+/m0/s1. The molecule has 5 nitrogen and oxygen atoms in total. The molecule has 0 radical (unpaired) electrons. The lowest BCUT2D eigenvalue weighted by atomic mass is 9.63. The molecule has 0 saturated heterocycles. The van der Waals surface area contributed by atoms with Gasteiger partial charge in [0.1, 0.15) is 5.92 Å². The number of carbonyl (C=O) groups is 2. The van der Waals surface area contributed by atoms with Crippen LogP contribution in [0.5, 0.6) is 0 Å². The molecule has 5 rings (SSSR count). The van der Waals surface area contributed by atoms with Gasteiger partial charge in [-0.3, -0.25) is 9.59 Å². The number of nitrogens with zero attached hydrogens (tertiary/aromatic N) is 1. The van der Waals surface area contributed by atoms with Gasteiger partial charge in [-0.15, -0.1) is 0 Å². The second kappa shape index (κ2) is 9.12. The normalized spacial score (nSPS) is 20.4. The van der Waals surface area contributed by atoms with E-state index in [0.29, 0.717) is 17.7 Å². The van der Waals surface area contributed by atoms with Gasteiger partial charge in [-0.05, 0) is 59.4 Å². The van der Waals surface area contributed by atoms with Crippen molar-refractivity contribution in [1.82, 2.24) is 0 Å². The maximum Gasteiger partial charge on any atom is 0.315 e. The largest absolute Gasteiger partial charge is 0.468 e. The number of rotatable bonds is 5. The van der Waals surface area contributed by atoms with Gasteiger partial charge in [-0.1, -0.05) is 56.3 Å². The summed E-state index contributed by atoms with van der Waals surface area (Å²) in [5.74, 6) is -1.05. The van der Waals surface area contributed by atoms with Crippen molar-refractivity contribution in [1.29, 1.82) is 0 Å². The molecule has 1 N–H and O–H groups in total. The van der Waals surface area contributed by atoms with Crippen LogP contribution in [-0.2, 0) is 14.3 Å². The zero-order valence-electron chi connectivity index (χ0n) is 21.7. The van der Waals surface area contributed by atoms with Gasteiger partial charge in [-0.25, -0.2) is 0 Å². The minimum absolute atomic E-state index is 0.0825. The average molecular weight is 483 g/mol. The van der Waals surface area contributed by atoms with Gasteiger partial charge in [0.2, 0.25) is 0 Å². The number of carbonyl (C=O) groups excluding carboxylic acids is 2. The van der Waals surface area contributed by atoms with E-state index < -0.39 is 11.3 Å². The predicted molar refractivity (Wildman–Crippen MR) is 145 cm³/mol. The fourth-order valence-corrected chi connectivity index (χ4v) is 6.12. The molecule has 3 aromatic rings. The Bertz CT molecular complexity index is 1370. The van der Waals surface area contributed by atoms with Crippen LogP contribution in [-0.4, -0.2) is 32.0 Å². The number of ether oxygens (including phenoxy) is 1. The minimum atomic E-state index is -0.554. The SMILES string of the molecule is CCN(CC)c1ccc([C@@H]2C3=C(Nc4ccc5ccccc5c42)[C@H](C(=O)OC)C(C)(C)CC3=O)cc1. The highest BCUT2D eigenvalue weighted by Gasteiger charge is 2.50. The van der Waals surface area contributed by atoms with Crippen molar-refractivity contribution < 1.29 is 14.3 Å². The Hall–Kier alpha value is -3.60. The summed E-state index contributed by atoms with van der Waals surface area (Å²) in [6.45, 7) is 10.1. The van der Waals surface area contributed by atoms with Crippen molar-refractivity contribution in [2.24, 2.45) is 11.3 Å². The molecule has 0 amide bonds. The maximum atomic E-state index is 13.8. The molecular weight excluding hydrogens is 448 g/mol. The quantitative estimate of drug-likeness (QED) is 0.433. The summed E-state index contributed by atoms with van der Waals surface area (Å²) in [7, 11) is 1.42. The van der Waals surface area contributed by atoms with Crippen LogP contribution in [0, 0.1) is 11.3 Å². The van der Waals surface area contributed by atoms with Crippen LogP contribution in [0.2, 0.25) is 0 Å². The number of hydrogen-bond donors (Lipinski definition) is 1. The lowest BCUT2D eigenvalue weighted by Gasteiger charge is -2.44. The number of allylic oxidation sites excluding steroid dienone is 1. The summed E-state index contributed by atoms with van der Waals surface area (Å²) in [6, 6.07) is 21.0. The van der Waals surface area contributed by atoms with Gasteiger partial charge in [0.25, 0.3) is 0 Å². The second-order valence-corrected chi connectivity index (χ2v) is 10.4. The van der Waals surface area contributed by atoms with E-state index in [9.17, 15) is 9.59 Å². The monoisotopic (exact) mass is 482 g/mol. The van der Waals surface area contributed by atoms with Crippen LogP contribution in [0.1, 0.15) is 51.2 Å². The first kappa shape index (κ1) is 24.1. The summed E-state index contributed by atoms with van der Waals surface area (Å²) < 4.78 is 5.25. The Morgan fingerprint density at radius 3 is 2.39 bits per heavy atom. The Morgan fingerprint density at radius 2 is 1.72 bits per heavy atom. The first-order chi connectivity index (χ1) is 17.3. The summed E-state index contributed by atoms with van der Waals surface area (Å²) in [6.07, 6.45) is 0.293. The predicted octanol–water partition coefficient (Wildman–Crippen LogP) is 6.29. The summed E-state index contributed by atoms with van der Waals surface area (Å²) in [5, 5.41) is 5.78. The molecule has 0 spiro atoms. The highest BCUT2D eigenvalue weighted by atomic mass is 16.5. The molecule has 186 valence electrons. The molecule has 1 heterocycles. The number of anilines is 2. The van der Waals surface area contributed by atoms with Crippen molar-refractivity contribution in [2.45, 2.75) is 40.0 Å². The van der Waals surface area contributed by atoms with E-state index >= 15 is 0 Å². The molecule has 36 heavy (non-hydrogen) atoms. The molecule has 0 bridgehead atoms. The van der Waals surface area contributed by atoms with Gasteiger partial charge in [0, 0.05) is 48.1 Å². The number of nitrogens with one attached hydrogen (secondary N) is 1. The summed E-state index contributed by atoms with van der Waals surface area (Å²) in [5.41, 5.74) is 5.04. The van der Waals surface area contributed by atoms with Crippen LogP contribution in [0.25, 0.3) is 10.8 Å². The Morgan fingerprint density at radius 1 is 1.03 bits per heavy atom. The zero-order chi connectivity index (χ0) is 25.6. The number of benzene rings is 3. The number of methoxy groups -OCH3 is 1. The number of hydrogen-bond acceptors (Lipinski definition) is 5. The maximum absolute atomic E-state index is 13.8. The minimum Gasteiger partial charge on any atom is -0.468 e. The first-order valence-electron chi connectivity index (χ1n) is 12.8. The average Bonchev–Trinajstić information content (AvgIpc) is 2.87. The lowest BCUT2D eigenvalue weighted by molar-refractivity contribution is -0.148. The van der Waals surface area contributed by atoms with Gasteiger partial charge >= 0.3 is 5.97 Å². The molecule has 2 aliphatic rings. The fourth-order valence-electron chi connectivity index (χ4n) is 6.12. The van der Waals surface area contributed by atoms with Crippen molar-refractivity contribution in [3.05, 3.63) is 83.1 Å². The van der Waals surface area contributed by atoms with E-state index in [1.807, 2.05) is 26.0 Å². The second-order valence-electron chi connectivity index (χ2n) is 10.4. The van der Waals surface area contributed by atoms with Gasteiger partial charge in [0.15, 0.2) is 5.78 Å². The number of ketones is 1. The lowest BCUT2D eigenvalue weighted by Crippen LogP contribution is -2.44. The molecule has 0 fully saturated rings. The van der Waals surface area contributed by atoms with Crippen molar-refractivity contribution in [3.63, 3.8) is 0 Å². The Balaban J connectivity index is 1.77. The van der Waals surface area contributed by atoms with E-state index in [1.165, 1.54) is 7.11 Å². The fraction of sp³-hybridized carbons (Fsp3) is 0.355. The zero-order valence-corrected chi connectivity index (χ0v) is 21.7. The van der Waals surface area contributed by atoms with E-state index in [0.717, 1.165) is 46.4 Å². The van der Waals surface area contributed by atoms with Crippen LogP contribution in [0.15, 0.2) is 71.9 Å². The molecular formula is C31H34N2O3. The van der Waals surface area contributed by atoms with Crippen LogP contribution in [0.3, 0.4) is 0 Å². The van der Waals surface area contributed by atoms with Gasteiger partial charge < -0.3 is 15.0 Å². The Labute approximate surface area is 213 Å². The molecule has 1 aliphatic carbocycles. The molecule has 3 aromatic carbocycles.